The molecule has 1 N–H and O–H groups in total. The van der Waals surface area contributed by atoms with E-state index >= 15 is 0 Å². The summed E-state index contributed by atoms with van der Waals surface area (Å²) in [6.45, 7) is 1.69. The van der Waals surface area contributed by atoms with Crippen LogP contribution in [0.4, 0.5) is 4.39 Å². The Morgan fingerprint density at radius 3 is 2.62 bits per heavy atom. The second kappa shape index (κ2) is 3.87. The molecule has 0 unspecified atom stereocenters. The second-order valence-electron chi connectivity index (χ2n) is 1.69. The van der Waals surface area contributed by atoms with Crippen LogP contribution in [-0.4, -0.2) is 13.1 Å². The van der Waals surface area contributed by atoms with Crippen LogP contribution in [0.3, 0.4) is 0 Å². The highest BCUT2D eigenvalue weighted by Gasteiger charge is 2.03. The number of halogens is 2. The minimum absolute atomic E-state index is 0. The van der Waals surface area contributed by atoms with Gasteiger partial charge in [0.25, 0.3) is 0 Å². The van der Waals surface area contributed by atoms with E-state index in [1.807, 2.05) is 0 Å². The molecular formula is C5H9ClFN. The molecule has 0 aromatic carbocycles. The molecule has 0 saturated carbocycles. The van der Waals surface area contributed by atoms with E-state index in [1.54, 1.807) is 0 Å². The molecular weight excluding hydrogens is 129 g/mol. The highest BCUT2D eigenvalue weighted by atomic mass is 35.5. The summed E-state index contributed by atoms with van der Waals surface area (Å²) in [4.78, 5) is 0. The number of hydrogen-bond acceptors (Lipinski definition) is 1. The van der Waals surface area contributed by atoms with Crippen LogP contribution in [0.1, 0.15) is 6.42 Å². The van der Waals surface area contributed by atoms with Gasteiger partial charge in [-0.05, 0) is 18.5 Å². The number of hydrogen-bond donors (Lipinski definition) is 1. The molecule has 0 atom stereocenters. The van der Waals surface area contributed by atoms with Crippen LogP contribution in [0.15, 0.2) is 11.9 Å². The van der Waals surface area contributed by atoms with Crippen molar-refractivity contribution in [1.82, 2.24) is 5.32 Å². The predicted octanol–water partition coefficient (Wildman–Crippen LogP) is 1.25. The maximum Gasteiger partial charge on any atom is 0.0872 e. The van der Waals surface area contributed by atoms with E-state index in [0.29, 0.717) is 6.33 Å². The maximum atomic E-state index is 11.5. The first kappa shape index (κ1) is 7.92. The van der Waals surface area contributed by atoms with E-state index in [4.69, 9.17) is 0 Å². The number of rotatable bonds is 0. The van der Waals surface area contributed by atoms with Gasteiger partial charge in [0.15, 0.2) is 0 Å². The summed E-state index contributed by atoms with van der Waals surface area (Å²) in [5.74, 6) is 0. The lowest BCUT2D eigenvalue weighted by atomic mass is 10.3. The van der Waals surface area contributed by atoms with Crippen molar-refractivity contribution in [2.75, 3.05) is 13.1 Å². The van der Waals surface area contributed by atoms with E-state index in [0.717, 1.165) is 25.1 Å². The predicted molar refractivity (Wildman–Crippen MR) is 33.9 cm³/mol. The van der Waals surface area contributed by atoms with Gasteiger partial charge in [0.2, 0.25) is 0 Å². The SMILES string of the molecule is Cl.F/C=C1\CCNC1. The Balaban J connectivity index is 0.000000490. The smallest absolute Gasteiger partial charge is 0.0872 e. The molecule has 0 aromatic heterocycles. The van der Waals surface area contributed by atoms with Gasteiger partial charge in [0, 0.05) is 6.54 Å². The zero-order chi connectivity index (χ0) is 5.11. The highest BCUT2D eigenvalue weighted by Crippen LogP contribution is 2.03. The lowest BCUT2D eigenvalue weighted by molar-refractivity contribution is 0.705. The molecule has 8 heavy (non-hydrogen) atoms. The van der Waals surface area contributed by atoms with Gasteiger partial charge in [-0.3, -0.25) is 0 Å². The third kappa shape index (κ3) is 1.80. The molecule has 1 nitrogen and oxygen atoms in total. The Morgan fingerprint density at radius 1 is 1.62 bits per heavy atom. The van der Waals surface area contributed by atoms with Crippen LogP contribution in [0, 0.1) is 0 Å². The van der Waals surface area contributed by atoms with Crippen molar-refractivity contribution < 1.29 is 4.39 Å². The molecule has 1 saturated heterocycles. The lowest BCUT2D eigenvalue weighted by Crippen LogP contribution is -2.04. The van der Waals surface area contributed by atoms with Crippen molar-refractivity contribution >= 4 is 12.4 Å². The van der Waals surface area contributed by atoms with Crippen molar-refractivity contribution in [3.05, 3.63) is 11.9 Å². The molecule has 1 rings (SSSR count). The molecule has 1 fully saturated rings. The minimum Gasteiger partial charge on any atom is -0.313 e. The van der Waals surface area contributed by atoms with Crippen LogP contribution in [0.5, 0.6) is 0 Å². The van der Waals surface area contributed by atoms with E-state index in [2.05, 4.69) is 5.32 Å². The largest absolute Gasteiger partial charge is 0.313 e. The van der Waals surface area contributed by atoms with Gasteiger partial charge in [-0.2, -0.15) is 0 Å². The topological polar surface area (TPSA) is 12.0 Å². The van der Waals surface area contributed by atoms with Crippen LogP contribution >= 0.6 is 12.4 Å². The normalized spacial score (nSPS) is 23.4. The summed E-state index contributed by atoms with van der Waals surface area (Å²) in [6, 6.07) is 0. The Labute approximate surface area is 54.4 Å². The Bertz CT molecular complexity index is 84.4. The molecule has 0 spiro atoms. The first-order valence-electron chi connectivity index (χ1n) is 2.42. The average Bonchev–Trinajstić information content (AvgIpc) is 2.14. The van der Waals surface area contributed by atoms with Gasteiger partial charge >= 0.3 is 0 Å². The van der Waals surface area contributed by atoms with Crippen molar-refractivity contribution in [1.29, 1.82) is 0 Å². The molecule has 0 aliphatic carbocycles. The fourth-order valence-electron chi connectivity index (χ4n) is 0.679. The molecule has 0 amide bonds. The monoisotopic (exact) mass is 137 g/mol. The Morgan fingerprint density at radius 2 is 2.38 bits per heavy atom. The van der Waals surface area contributed by atoms with Crippen LogP contribution in [0.2, 0.25) is 0 Å². The molecule has 0 aromatic rings. The second-order valence-corrected chi connectivity index (χ2v) is 1.69. The van der Waals surface area contributed by atoms with Gasteiger partial charge in [0.05, 0.1) is 6.33 Å². The Hall–Kier alpha value is -0.0800. The summed E-state index contributed by atoms with van der Waals surface area (Å²) >= 11 is 0. The first-order valence-corrected chi connectivity index (χ1v) is 2.42. The maximum absolute atomic E-state index is 11.5. The third-order valence-electron chi connectivity index (χ3n) is 1.13. The molecule has 3 heteroatoms. The molecule has 48 valence electrons. The summed E-state index contributed by atoms with van der Waals surface area (Å²) < 4.78 is 11.5. The molecule has 1 aliphatic rings. The van der Waals surface area contributed by atoms with Crippen molar-refractivity contribution in [2.24, 2.45) is 0 Å². The van der Waals surface area contributed by atoms with Crippen LogP contribution in [0.25, 0.3) is 0 Å². The fraction of sp³-hybridized carbons (Fsp3) is 0.600. The first-order chi connectivity index (χ1) is 3.43. The standard InChI is InChI=1S/C5H8FN.ClH/c6-3-5-1-2-7-4-5;/h3,7H,1-2,4H2;1H/b5-3+;. The minimum atomic E-state index is 0. The fourth-order valence-corrected chi connectivity index (χ4v) is 0.679. The lowest BCUT2D eigenvalue weighted by Gasteiger charge is -1.82. The molecule has 0 radical (unpaired) electrons. The molecule has 0 bridgehead atoms. The van der Waals surface area contributed by atoms with Gasteiger partial charge in [0.1, 0.15) is 0 Å². The quantitative estimate of drug-likeness (QED) is 0.530. The third-order valence-corrected chi connectivity index (χ3v) is 1.13. The zero-order valence-corrected chi connectivity index (χ0v) is 5.30. The van der Waals surface area contributed by atoms with Crippen molar-refractivity contribution in [3.63, 3.8) is 0 Å². The Kier molecular flexibility index (Phi) is 3.83. The van der Waals surface area contributed by atoms with E-state index in [1.165, 1.54) is 0 Å². The summed E-state index contributed by atoms with van der Waals surface area (Å²) in [5, 5.41) is 3.01. The van der Waals surface area contributed by atoms with Crippen LogP contribution < -0.4 is 5.32 Å². The molecule has 1 heterocycles. The summed E-state index contributed by atoms with van der Waals surface area (Å²) in [7, 11) is 0. The van der Waals surface area contributed by atoms with Gasteiger partial charge < -0.3 is 5.32 Å². The van der Waals surface area contributed by atoms with Gasteiger partial charge in [-0.1, -0.05) is 0 Å². The van der Waals surface area contributed by atoms with E-state index in [9.17, 15) is 4.39 Å². The van der Waals surface area contributed by atoms with Gasteiger partial charge in [-0.25, -0.2) is 4.39 Å². The van der Waals surface area contributed by atoms with Gasteiger partial charge in [-0.15, -0.1) is 12.4 Å². The number of nitrogens with one attached hydrogen (secondary N) is 1. The van der Waals surface area contributed by atoms with Crippen molar-refractivity contribution in [3.8, 4) is 0 Å². The summed E-state index contributed by atoms with van der Waals surface area (Å²) in [6.07, 6.45) is 1.58. The van der Waals surface area contributed by atoms with E-state index in [-0.39, 0.29) is 12.4 Å². The highest BCUT2D eigenvalue weighted by molar-refractivity contribution is 5.85. The van der Waals surface area contributed by atoms with Crippen molar-refractivity contribution in [2.45, 2.75) is 6.42 Å². The van der Waals surface area contributed by atoms with E-state index < -0.39 is 0 Å². The average molecular weight is 138 g/mol. The zero-order valence-electron chi connectivity index (χ0n) is 4.48. The van der Waals surface area contributed by atoms with Crippen LogP contribution in [-0.2, 0) is 0 Å². The molecule has 1 aliphatic heterocycles. The summed E-state index contributed by atoms with van der Waals surface area (Å²) in [5.41, 5.74) is 0.889.